The maximum Gasteiger partial charge on any atom is 0.180 e. The highest BCUT2D eigenvalue weighted by Crippen LogP contribution is 2.35. The Labute approximate surface area is 169 Å². The summed E-state index contributed by atoms with van der Waals surface area (Å²) in [7, 11) is 1.93. The molecular formula is C18H19BrN8O. The predicted molar refractivity (Wildman–Crippen MR) is 108 cm³/mol. The van der Waals surface area contributed by atoms with Gasteiger partial charge in [-0.25, -0.2) is 9.50 Å². The Bertz CT molecular complexity index is 1130. The van der Waals surface area contributed by atoms with Crippen LogP contribution in [0.2, 0.25) is 0 Å². The highest BCUT2D eigenvalue weighted by Gasteiger charge is 2.25. The van der Waals surface area contributed by atoms with Crippen molar-refractivity contribution in [3.63, 3.8) is 0 Å². The van der Waals surface area contributed by atoms with Gasteiger partial charge in [-0.2, -0.15) is 10.2 Å². The van der Waals surface area contributed by atoms with Crippen LogP contribution >= 0.6 is 15.9 Å². The van der Waals surface area contributed by atoms with Gasteiger partial charge >= 0.3 is 0 Å². The molecule has 1 aliphatic rings. The zero-order chi connectivity index (χ0) is 19.3. The van der Waals surface area contributed by atoms with Gasteiger partial charge in [0.2, 0.25) is 0 Å². The summed E-state index contributed by atoms with van der Waals surface area (Å²) in [6.45, 7) is 4.31. The van der Waals surface area contributed by atoms with Gasteiger partial charge in [0.25, 0.3) is 0 Å². The number of hydrogen-bond donors (Lipinski definition) is 1. The monoisotopic (exact) mass is 442 g/mol. The van der Waals surface area contributed by atoms with Crippen LogP contribution in [0.5, 0.6) is 0 Å². The minimum atomic E-state index is 0.237. The summed E-state index contributed by atoms with van der Waals surface area (Å²) in [6.07, 6.45) is 3.50. The highest BCUT2D eigenvalue weighted by atomic mass is 79.9. The lowest BCUT2D eigenvalue weighted by Crippen LogP contribution is -2.44. The number of aromatic nitrogens is 7. The summed E-state index contributed by atoms with van der Waals surface area (Å²) < 4.78 is 10.1. The first-order valence-electron chi connectivity index (χ1n) is 9.05. The minimum Gasteiger partial charge on any atom is -0.377 e. The van der Waals surface area contributed by atoms with Crippen LogP contribution in [0.1, 0.15) is 6.92 Å². The molecule has 5 heterocycles. The normalized spacial score (nSPS) is 17.5. The highest BCUT2D eigenvalue weighted by molar-refractivity contribution is 9.10. The Morgan fingerprint density at radius 2 is 2.18 bits per heavy atom. The lowest BCUT2D eigenvalue weighted by molar-refractivity contribution is 0.0984. The van der Waals surface area contributed by atoms with Gasteiger partial charge < -0.3 is 9.64 Å². The van der Waals surface area contributed by atoms with E-state index in [1.165, 1.54) is 0 Å². The molecule has 0 aromatic carbocycles. The van der Waals surface area contributed by atoms with Crippen molar-refractivity contribution in [1.29, 1.82) is 0 Å². The SMILES string of the molecule is C[C@@H]1COCCN1c1cc(-c2ccnn2C)c2c(Br)nc(-c3ccn[nH]3)n2n1. The molecule has 0 unspecified atom stereocenters. The first-order valence-corrected chi connectivity index (χ1v) is 9.84. The van der Waals surface area contributed by atoms with Crippen LogP contribution in [0.4, 0.5) is 5.82 Å². The topological polar surface area (TPSA) is 89.2 Å². The number of hydrogen-bond acceptors (Lipinski definition) is 6. The van der Waals surface area contributed by atoms with Gasteiger partial charge in [0, 0.05) is 31.5 Å². The summed E-state index contributed by atoms with van der Waals surface area (Å²) in [6, 6.07) is 6.23. The van der Waals surface area contributed by atoms with E-state index in [4.69, 9.17) is 14.8 Å². The number of aromatic amines is 1. The smallest absolute Gasteiger partial charge is 0.180 e. The van der Waals surface area contributed by atoms with Gasteiger partial charge in [-0.15, -0.1) is 5.10 Å². The second-order valence-corrected chi connectivity index (χ2v) is 7.58. The lowest BCUT2D eigenvalue weighted by Gasteiger charge is -2.34. The lowest BCUT2D eigenvalue weighted by atomic mass is 10.1. The average molecular weight is 443 g/mol. The molecular weight excluding hydrogens is 424 g/mol. The number of rotatable bonds is 3. The molecule has 0 spiro atoms. The fourth-order valence-electron chi connectivity index (χ4n) is 3.63. The van der Waals surface area contributed by atoms with E-state index in [2.05, 4.69) is 49.1 Å². The standard InChI is InChI=1S/C18H19BrN8O/c1-11-10-28-8-7-26(11)15-9-12(14-4-6-21-25(14)2)16-17(19)22-18(27(16)24-15)13-3-5-20-23-13/h3-6,9,11H,7-8,10H2,1-2H3,(H,20,23)/t11-/m1/s1. The number of anilines is 1. The van der Waals surface area contributed by atoms with Crippen LogP contribution in [0.15, 0.2) is 35.2 Å². The van der Waals surface area contributed by atoms with Gasteiger partial charge in [0.15, 0.2) is 11.6 Å². The number of morpholine rings is 1. The van der Waals surface area contributed by atoms with Gasteiger partial charge in [-0.3, -0.25) is 9.78 Å². The third-order valence-electron chi connectivity index (χ3n) is 5.04. The van der Waals surface area contributed by atoms with Crippen LogP contribution in [-0.4, -0.2) is 60.4 Å². The second-order valence-electron chi connectivity index (χ2n) is 6.83. The van der Waals surface area contributed by atoms with Crippen LogP contribution < -0.4 is 4.90 Å². The molecule has 4 aromatic heterocycles. The van der Waals surface area contributed by atoms with E-state index in [9.17, 15) is 0 Å². The molecule has 1 fully saturated rings. The molecule has 0 radical (unpaired) electrons. The Hall–Kier alpha value is -2.72. The fraction of sp³-hybridized carbons (Fsp3) is 0.333. The molecule has 5 rings (SSSR count). The van der Waals surface area contributed by atoms with Crippen LogP contribution in [0.25, 0.3) is 28.3 Å². The number of nitrogens with zero attached hydrogens (tertiary/aromatic N) is 7. The van der Waals surface area contributed by atoms with E-state index in [1.807, 2.05) is 28.4 Å². The minimum absolute atomic E-state index is 0.237. The van der Waals surface area contributed by atoms with Crippen molar-refractivity contribution < 1.29 is 4.74 Å². The van der Waals surface area contributed by atoms with Crippen molar-refractivity contribution in [3.8, 4) is 22.8 Å². The van der Waals surface area contributed by atoms with Gasteiger partial charge in [0.1, 0.15) is 15.8 Å². The quantitative estimate of drug-likeness (QED) is 0.524. The summed E-state index contributed by atoms with van der Waals surface area (Å²) in [5.74, 6) is 1.58. The molecule has 9 nitrogen and oxygen atoms in total. The molecule has 1 N–H and O–H groups in total. The summed E-state index contributed by atoms with van der Waals surface area (Å²) >= 11 is 3.63. The molecule has 28 heavy (non-hydrogen) atoms. The predicted octanol–water partition coefficient (Wildman–Crippen LogP) is 2.51. The molecule has 0 bridgehead atoms. The molecule has 1 aliphatic heterocycles. The molecule has 144 valence electrons. The zero-order valence-corrected chi connectivity index (χ0v) is 17.1. The number of ether oxygens (including phenoxy) is 1. The molecule has 1 saturated heterocycles. The number of halogens is 1. The molecule has 10 heteroatoms. The number of fused-ring (bicyclic) bond motifs is 1. The van der Waals surface area contributed by atoms with Crippen molar-refractivity contribution in [1.82, 2.24) is 34.6 Å². The first-order chi connectivity index (χ1) is 13.6. The van der Waals surface area contributed by atoms with Gasteiger partial charge in [-0.1, -0.05) is 0 Å². The third kappa shape index (κ3) is 2.71. The Morgan fingerprint density at radius 3 is 2.89 bits per heavy atom. The third-order valence-corrected chi connectivity index (χ3v) is 5.60. The van der Waals surface area contributed by atoms with Crippen molar-refractivity contribution in [2.75, 3.05) is 24.7 Å². The molecule has 1 atom stereocenters. The van der Waals surface area contributed by atoms with Crippen LogP contribution in [0.3, 0.4) is 0 Å². The first kappa shape index (κ1) is 17.4. The van der Waals surface area contributed by atoms with E-state index in [0.717, 1.165) is 39.4 Å². The average Bonchev–Trinajstić information content (AvgIpc) is 3.42. The van der Waals surface area contributed by atoms with Crippen molar-refractivity contribution in [3.05, 3.63) is 35.2 Å². The van der Waals surface area contributed by atoms with Crippen molar-refractivity contribution in [2.45, 2.75) is 13.0 Å². The molecule has 0 amide bonds. The van der Waals surface area contributed by atoms with Gasteiger partial charge in [-0.05, 0) is 41.1 Å². The fourth-order valence-corrected chi connectivity index (χ4v) is 4.18. The number of aryl methyl sites for hydroxylation is 1. The van der Waals surface area contributed by atoms with E-state index in [0.29, 0.717) is 19.0 Å². The summed E-state index contributed by atoms with van der Waals surface area (Å²) in [4.78, 5) is 6.98. The van der Waals surface area contributed by atoms with E-state index >= 15 is 0 Å². The Balaban J connectivity index is 1.80. The second kappa shape index (κ2) is 6.71. The molecule has 0 aliphatic carbocycles. The zero-order valence-electron chi connectivity index (χ0n) is 15.5. The summed E-state index contributed by atoms with van der Waals surface area (Å²) in [5, 5.41) is 16.3. The largest absolute Gasteiger partial charge is 0.377 e. The van der Waals surface area contributed by atoms with Crippen molar-refractivity contribution >= 4 is 27.3 Å². The Morgan fingerprint density at radius 1 is 1.29 bits per heavy atom. The maximum absolute atomic E-state index is 5.61. The van der Waals surface area contributed by atoms with Crippen molar-refractivity contribution in [2.24, 2.45) is 7.05 Å². The van der Waals surface area contributed by atoms with Crippen LogP contribution in [-0.2, 0) is 11.8 Å². The van der Waals surface area contributed by atoms with Gasteiger partial charge in [0.05, 0.1) is 24.9 Å². The Kier molecular flexibility index (Phi) is 4.17. The number of nitrogens with one attached hydrogen (secondary N) is 1. The van der Waals surface area contributed by atoms with E-state index < -0.39 is 0 Å². The van der Waals surface area contributed by atoms with E-state index in [1.54, 1.807) is 12.4 Å². The maximum atomic E-state index is 5.61. The van der Waals surface area contributed by atoms with Crippen LogP contribution in [0, 0.1) is 0 Å². The summed E-state index contributed by atoms with van der Waals surface area (Å²) in [5.41, 5.74) is 3.69. The molecule has 4 aromatic rings. The molecule has 0 saturated carbocycles. The number of H-pyrrole nitrogens is 1. The number of imidazole rings is 1. The van der Waals surface area contributed by atoms with E-state index in [-0.39, 0.29) is 6.04 Å².